The molecule has 0 amide bonds. The summed E-state index contributed by atoms with van der Waals surface area (Å²) in [5, 5.41) is 14.9. The van der Waals surface area contributed by atoms with Crippen LogP contribution in [0.25, 0.3) is 0 Å². The maximum atomic E-state index is 12.4. The summed E-state index contributed by atoms with van der Waals surface area (Å²) in [7, 11) is -1.16. The summed E-state index contributed by atoms with van der Waals surface area (Å²) in [5.74, 6) is 0. The number of nitro groups is 1. The van der Waals surface area contributed by atoms with Gasteiger partial charge in [-0.15, -0.1) is 0 Å². The fourth-order valence-corrected chi connectivity index (χ4v) is 2.90. The monoisotopic (exact) mass is 348 g/mol. The first-order chi connectivity index (χ1) is 11.3. The minimum atomic E-state index is -3.87. The van der Waals surface area contributed by atoms with Gasteiger partial charge in [0, 0.05) is 26.2 Å². The third kappa shape index (κ3) is 3.94. The predicted molar refractivity (Wildman–Crippen MR) is 91.6 cm³/mol. The van der Waals surface area contributed by atoms with Crippen LogP contribution < -0.4 is 5.43 Å². The molecule has 126 valence electrons. The van der Waals surface area contributed by atoms with E-state index in [1.54, 1.807) is 0 Å². The van der Waals surface area contributed by atoms with Crippen molar-refractivity contribution in [3.8, 4) is 0 Å². The smallest absolute Gasteiger partial charge is 0.270 e. The van der Waals surface area contributed by atoms with E-state index in [1.165, 1.54) is 32.4 Å². The van der Waals surface area contributed by atoms with Crippen LogP contribution >= 0.6 is 0 Å². The zero-order chi connectivity index (χ0) is 17.7. The average Bonchev–Trinajstić information content (AvgIpc) is 2.55. The Kier molecular flexibility index (Phi) is 5.27. The summed E-state index contributed by atoms with van der Waals surface area (Å²) in [6, 6.07) is 12.8. The Hall–Kier alpha value is -2.78. The normalized spacial score (nSPS) is 11.8. The molecule has 0 bridgehead atoms. The maximum absolute atomic E-state index is 12.4. The molecule has 0 spiro atoms. The van der Waals surface area contributed by atoms with Crippen molar-refractivity contribution >= 4 is 27.6 Å². The Morgan fingerprint density at radius 3 is 2.42 bits per heavy atom. The molecule has 0 atom stereocenters. The van der Waals surface area contributed by atoms with Crippen molar-refractivity contribution in [1.82, 2.24) is 4.31 Å². The lowest BCUT2D eigenvalue weighted by molar-refractivity contribution is -0.385. The molecule has 1 N–H and O–H groups in total. The number of rotatable bonds is 6. The zero-order valence-electron chi connectivity index (χ0n) is 13.1. The minimum absolute atomic E-state index is 0.154. The van der Waals surface area contributed by atoms with Crippen LogP contribution in [-0.2, 0) is 10.0 Å². The minimum Gasteiger partial charge on any atom is -0.277 e. The molecular formula is C15H16N4O4S. The second kappa shape index (κ2) is 7.20. The summed E-state index contributed by atoms with van der Waals surface area (Å²) in [6.45, 7) is 0. The average molecular weight is 348 g/mol. The van der Waals surface area contributed by atoms with E-state index in [2.05, 4.69) is 10.5 Å². The van der Waals surface area contributed by atoms with E-state index in [0.29, 0.717) is 0 Å². The maximum Gasteiger partial charge on any atom is 0.270 e. The quantitative estimate of drug-likeness (QED) is 0.490. The van der Waals surface area contributed by atoms with Gasteiger partial charge in [0.05, 0.1) is 16.8 Å². The lowest BCUT2D eigenvalue weighted by Gasteiger charge is -2.14. The largest absolute Gasteiger partial charge is 0.277 e. The van der Waals surface area contributed by atoms with Crippen molar-refractivity contribution in [2.24, 2.45) is 5.10 Å². The molecule has 0 radical (unpaired) electrons. The topological polar surface area (TPSA) is 105 Å². The van der Waals surface area contributed by atoms with Gasteiger partial charge in [-0.05, 0) is 11.6 Å². The molecule has 2 aromatic rings. The number of benzene rings is 2. The van der Waals surface area contributed by atoms with Gasteiger partial charge in [0.1, 0.15) is 4.90 Å². The molecule has 0 aromatic heterocycles. The first-order valence-electron chi connectivity index (χ1n) is 6.87. The standard InChI is InChI=1S/C15H16N4O4S/c1-18(2)24(22,23)15-10-13(19(20)21)8-9-14(15)17-16-11-12-6-4-3-5-7-12/h3-11,17H,1-2H3. The van der Waals surface area contributed by atoms with Crippen molar-refractivity contribution in [2.45, 2.75) is 4.90 Å². The van der Waals surface area contributed by atoms with E-state index in [0.717, 1.165) is 15.9 Å². The lowest BCUT2D eigenvalue weighted by atomic mass is 10.2. The highest BCUT2D eigenvalue weighted by Crippen LogP contribution is 2.28. The molecule has 0 saturated carbocycles. The Bertz CT molecular complexity index is 864. The number of hydrogen-bond acceptors (Lipinski definition) is 6. The molecule has 0 unspecified atom stereocenters. The molecule has 0 aliphatic carbocycles. The summed E-state index contributed by atoms with van der Waals surface area (Å²) in [4.78, 5) is 10.0. The van der Waals surface area contributed by atoms with Gasteiger partial charge in [0.25, 0.3) is 5.69 Å². The third-order valence-electron chi connectivity index (χ3n) is 3.13. The highest BCUT2D eigenvalue weighted by atomic mass is 32.2. The Balaban J connectivity index is 2.39. The fraction of sp³-hybridized carbons (Fsp3) is 0.133. The molecule has 0 heterocycles. The number of nitro benzene ring substituents is 1. The molecule has 0 fully saturated rings. The van der Waals surface area contributed by atoms with Crippen LogP contribution in [0, 0.1) is 10.1 Å². The van der Waals surface area contributed by atoms with Crippen molar-refractivity contribution in [2.75, 3.05) is 19.5 Å². The van der Waals surface area contributed by atoms with Crippen LogP contribution in [0.2, 0.25) is 0 Å². The molecule has 2 aromatic carbocycles. The number of hydrazone groups is 1. The summed E-state index contributed by atoms with van der Waals surface area (Å²) in [5.41, 5.74) is 3.30. The second-order valence-electron chi connectivity index (χ2n) is 5.01. The molecular weight excluding hydrogens is 332 g/mol. The highest BCUT2D eigenvalue weighted by molar-refractivity contribution is 7.89. The van der Waals surface area contributed by atoms with E-state index in [1.807, 2.05) is 30.3 Å². The van der Waals surface area contributed by atoms with Crippen molar-refractivity contribution in [3.05, 3.63) is 64.2 Å². The van der Waals surface area contributed by atoms with E-state index >= 15 is 0 Å². The van der Waals surface area contributed by atoms with Gasteiger partial charge < -0.3 is 0 Å². The van der Waals surface area contributed by atoms with Gasteiger partial charge in [-0.1, -0.05) is 30.3 Å². The van der Waals surface area contributed by atoms with Gasteiger partial charge in [0.15, 0.2) is 0 Å². The molecule has 0 saturated heterocycles. The number of nitrogens with zero attached hydrogens (tertiary/aromatic N) is 3. The van der Waals surface area contributed by atoms with Crippen LogP contribution in [0.1, 0.15) is 5.56 Å². The fourth-order valence-electron chi connectivity index (χ4n) is 1.84. The van der Waals surface area contributed by atoms with Crippen LogP contribution in [0.4, 0.5) is 11.4 Å². The SMILES string of the molecule is CN(C)S(=O)(=O)c1cc([N+](=O)[O-])ccc1NN=Cc1ccccc1. The first-order valence-corrected chi connectivity index (χ1v) is 8.31. The van der Waals surface area contributed by atoms with Gasteiger partial charge in [-0.3, -0.25) is 15.5 Å². The second-order valence-corrected chi connectivity index (χ2v) is 7.13. The van der Waals surface area contributed by atoms with Crippen LogP contribution in [0.15, 0.2) is 58.5 Å². The molecule has 0 aliphatic rings. The summed E-state index contributed by atoms with van der Waals surface area (Å²) < 4.78 is 25.7. The van der Waals surface area contributed by atoms with E-state index in [9.17, 15) is 18.5 Å². The van der Waals surface area contributed by atoms with Crippen molar-refractivity contribution in [3.63, 3.8) is 0 Å². The van der Waals surface area contributed by atoms with Gasteiger partial charge in [-0.25, -0.2) is 12.7 Å². The molecule has 0 aliphatic heterocycles. The van der Waals surface area contributed by atoms with Gasteiger partial charge in [0.2, 0.25) is 10.0 Å². The number of nitrogens with one attached hydrogen (secondary N) is 1. The Morgan fingerprint density at radius 1 is 1.17 bits per heavy atom. The van der Waals surface area contributed by atoms with Crippen LogP contribution in [0.3, 0.4) is 0 Å². The Morgan fingerprint density at radius 2 is 1.83 bits per heavy atom. The zero-order valence-corrected chi connectivity index (χ0v) is 13.9. The first kappa shape index (κ1) is 17.6. The number of anilines is 1. The molecule has 8 nitrogen and oxygen atoms in total. The number of sulfonamides is 1. The van der Waals surface area contributed by atoms with E-state index < -0.39 is 14.9 Å². The lowest BCUT2D eigenvalue weighted by Crippen LogP contribution is -2.23. The third-order valence-corrected chi connectivity index (χ3v) is 4.99. The highest BCUT2D eigenvalue weighted by Gasteiger charge is 2.24. The number of hydrogen-bond donors (Lipinski definition) is 1. The molecule has 2 rings (SSSR count). The van der Waals surface area contributed by atoms with Gasteiger partial charge >= 0.3 is 0 Å². The van der Waals surface area contributed by atoms with Crippen LogP contribution in [-0.4, -0.2) is 38.0 Å². The van der Waals surface area contributed by atoms with E-state index in [-0.39, 0.29) is 16.3 Å². The Labute approximate surface area is 139 Å². The predicted octanol–water partition coefficient (Wildman–Crippen LogP) is 2.29. The van der Waals surface area contributed by atoms with Crippen molar-refractivity contribution < 1.29 is 13.3 Å². The summed E-state index contributed by atoms with van der Waals surface area (Å²) >= 11 is 0. The number of non-ortho nitro benzene ring substituents is 1. The van der Waals surface area contributed by atoms with E-state index in [4.69, 9.17) is 0 Å². The van der Waals surface area contributed by atoms with Crippen LogP contribution in [0.5, 0.6) is 0 Å². The molecule has 9 heteroatoms. The van der Waals surface area contributed by atoms with Gasteiger partial charge in [-0.2, -0.15) is 5.10 Å². The summed E-state index contributed by atoms with van der Waals surface area (Å²) in [6.07, 6.45) is 1.52. The molecule has 24 heavy (non-hydrogen) atoms. The van der Waals surface area contributed by atoms with Crippen molar-refractivity contribution in [1.29, 1.82) is 0 Å².